The van der Waals surface area contributed by atoms with E-state index >= 15 is 0 Å². The van der Waals surface area contributed by atoms with Gasteiger partial charge in [0, 0.05) is 16.2 Å². The van der Waals surface area contributed by atoms with Gasteiger partial charge in [0.1, 0.15) is 10.9 Å². The van der Waals surface area contributed by atoms with Crippen LogP contribution in [0.5, 0.6) is 0 Å². The first-order valence-corrected chi connectivity index (χ1v) is 11.9. The third-order valence-corrected chi connectivity index (χ3v) is 6.19. The molecule has 2 nitrogen and oxygen atoms in total. The summed E-state index contributed by atoms with van der Waals surface area (Å²) in [5.74, 6) is 1.16. The molecule has 31 heavy (non-hydrogen) atoms. The Bertz CT molecular complexity index is 807. The highest BCUT2D eigenvalue weighted by atomic mass is 32.1. The fourth-order valence-electron chi connectivity index (χ4n) is 1.66. The second-order valence-corrected chi connectivity index (χ2v) is 9.13. The van der Waals surface area contributed by atoms with E-state index in [1.54, 1.807) is 22.8 Å². The van der Waals surface area contributed by atoms with Crippen LogP contribution < -0.4 is 0 Å². The SMILES string of the molecule is C=CC(=C)C(C)C.CC.CC(C)c1ccc(C(F)(F)F)s1.CC(C)c1nc(C#N)cs1. The van der Waals surface area contributed by atoms with Gasteiger partial charge in [-0.15, -0.1) is 22.7 Å². The monoisotopic (exact) mass is 472 g/mol. The summed E-state index contributed by atoms with van der Waals surface area (Å²) in [6, 6.07) is 4.68. The van der Waals surface area contributed by atoms with Crippen LogP contribution in [0.4, 0.5) is 13.2 Å². The number of hydrogen-bond acceptors (Lipinski definition) is 4. The predicted octanol–water partition coefficient (Wildman–Crippen LogP) is 9.44. The molecule has 174 valence electrons. The average Bonchev–Trinajstić information content (AvgIpc) is 3.39. The summed E-state index contributed by atoms with van der Waals surface area (Å²) in [6.07, 6.45) is -2.39. The molecule has 0 aliphatic heterocycles. The minimum atomic E-state index is -4.18. The standard InChI is InChI=1S/C8H9F3S.C7H8N2S.C7H12.C2H6/c1-5(2)6-3-4-7(12-6)8(9,10)11;1-5(2)7-9-6(3-8)4-10-7;1-5-7(4)6(2)3;1-2/h3-5H,1-2H3;4-5H,1-2H3;5-6H,1,4H2,2-3H3;1-2H3. The van der Waals surface area contributed by atoms with Gasteiger partial charge in [-0.2, -0.15) is 18.4 Å². The van der Waals surface area contributed by atoms with Crippen LogP contribution in [0.25, 0.3) is 0 Å². The lowest BCUT2D eigenvalue weighted by molar-refractivity contribution is -0.134. The highest BCUT2D eigenvalue weighted by molar-refractivity contribution is 7.12. The maximum absolute atomic E-state index is 12.1. The van der Waals surface area contributed by atoms with E-state index in [-0.39, 0.29) is 5.92 Å². The number of aromatic nitrogens is 1. The van der Waals surface area contributed by atoms with E-state index in [0.29, 0.717) is 17.5 Å². The summed E-state index contributed by atoms with van der Waals surface area (Å²) in [7, 11) is 0. The molecule has 0 fully saturated rings. The normalized spacial score (nSPS) is 10.2. The number of thiazole rings is 1. The van der Waals surface area contributed by atoms with Gasteiger partial charge in [0.15, 0.2) is 5.69 Å². The van der Waals surface area contributed by atoms with E-state index in [1.165, 1.54) is 6.07 Å². The van der Waals surface area contributed by atoms with E-state index < -0.39 is 11.1 Å². The van der Waals surface area contributed by atoms with Crippen molar-refractivity contribution in [1.82, 2.24) is 4.98 Å². The van der Waals surface area contributed by atoms with Crippen molar-refractivity contribution in [2.24, 2.45) is 5.92 Å². The zero-order valence-electron chi connectivity index (χ0n) is 19.8. The van der Waals surface area contributed by atoms with Crippen LogP contribution in [0.1, 0.15) is 87.7 Å². The third-order valence-electron chi connectivity index (χ3n) is 3.61. The number of nitrogens with zero attached hydrogens (tertiary/aromatic N) is 2. The fraction of sp³-hybridized carbons (Fsp3) is 0.500. The molecule has 7 heteroatoms. The minimum absolute atomic E-state index is 0.172. The van der Waals surface area contributed by atoms with Gasteiger partial charge in [0.2, 0.25) is 0 Å². The highest BCUT2D eigenvalue weighted by Crippen LogP contribution is 2.36. The van der Waals surface area contributed by atoms with Crippen molar-refractivity contribution in [2.45, 2.75) is 73.4 Å². The van der Waals surface area contributed by atoms with Gasteiger partial charge in [0.25, 0.3) is 0 Å². The number of nitriles is 1. The maximum atomic E-state index is 12.1. The molecule has 0 amide bonds. The number of halogens is 3. The quantitative estimate of drug-likeness (QED) is 0.415. The van der Waals surface area contributed by atoms with Gasteiger partial charge in [-0.1, -0.05) is 80.2 Å². The van der Waals surface area contributed by atoms with Gasteiger partial charge in [-0.05, 0) is 24.0 Å². The Kier molecular flexibility index (Phi) is 16.0. The number of thiophene rings is 1. The summed E-state index contributed by atoms with van der Waals surface area (Å²) in [5, 5.41) is 11.3. The van der Waals surface area contributed by atoms with Gasteiger partial charge in [-0.3, -0.25) is 0 Å². The molecule has 0 spiro atoms. The first-order valence-electron chi connectivity index (χ1n) is 10.2. The Hall–Kier alpha value is -1.91. The van der Waals surface area contributed by atoms with Crippen molar-refractivity contribution in [2.75, 3.05) is 0 Å². The van der Waals surface area contributed by atoms with Crippen LogP contribution in [0.3, 0.4) is 0 Å². The van der Waals surface area contributed by atoms with Crippen LogP contribution >= 0.6 is 22.7 Å². The smallest absolute Gasteiger partial charge is 0.230 e. The van der Waals surface area contributed by atoms with Crippen LogP contribution in [0, 0.1) is 17.2 Å². The molecule has 0 bridgehead atoms. The highest BCUT2D eigenvalue weighted by Gasteiger charge is 2.32. The molecule has 0 aliphatic carbocycles. The Morgan fingerprint density at radius 1 is 1.10 bits per heavy atom. The number of hydrogen-bond donors (Lipinski definition) is 0. The van der Waals surface area contributed by atoms with Crippen molar-refractivity contribution in [3.05, 3.63) is 62.8 Å². The molecule has 2 heterocycles. The van der Waals surface area contributed by atoms with Crippen molar-refractivity contribution < 1.29 is 13.2 Å². The lowest BCUT2D eigenvalue weighted by Gasteiger charge is -2.01. The van der Waals surface area contributed by atoms with E-state index in [2.05, 4.69) is 45.8 Å². The molecule has 0 radical (unpaired) electrons. The maximum Gasteiger partial charge on any atom is 0.425 e. The van der Waals surface area contributed by atoms with Crippen LogP contribution in [-0.4, -0.2) is 4.98 Å². The molecule has 0 unspecified atom stereocenters. The lowest BCUT2D eigenvalue weighted by Crippen LogP contribution is -2.00. The molecule has 0 N–H and O–H groups in total. The van der Waals surface area contributed by atoms with E-state index in [1.807, 2.05) is 33.8 Å². The predicted molar refractivity (Wildman–Crippen MR) is 130 cm³/mol. The third kappa shape index (κ3) is 13.2. The van der Waals surface area contributed by atoms with Gasteiger partial charge in [-0.25, -0.2) is 4.98 Å². The molecule has 0 atom stereocenters. The molecule has 0 saturated carbocycles. The van der Waals surface area contributed by atoms with Crippen molar-refractivity contribution in [3.63, 3.8) is 0 Å². The van der Waals surface area contributed by atoms with Gasteiger partial charge in [0.05, 0.1) is 5.01 Å². The summed E-state index contributed by atoms with van der Waals surface area (Å²) in [6.45, 7) is 23.4. The molecule has 0 aliphatic rings. The first kappa shape index (κ1) is 31.3. The van der Waals surface area contributed by atoms with Crippen molar-refractivity contribution >= 4 is 22.7 Å². The number of alkyl halides is 3. The topological polar surface area (TPSA) is 36.7 Å². The minimum Gasteiger partial charge on any atom is -0.230 e. The first-order chi connectivity index (χ1) is 14.3. The lowest BCUT2D eigenvalue weighted by atomic mass is 10.1. The molecular weight excluding hydrogens is 437 g/mol. The average molecular weight is 473 g/mol. The largest absolute Gasteiger partial charge is 0.425 e. The van der Waals surface area contributed by atoms with Crippen LogP contribution in [-0.2, 0) is 6.18 Å². The number of allylic oxidation sites excluding steroid dienone is 2. The Labute approximate surface area is 194 Å². The molecule has 0 aromatic carbocycles. The second-order valence-electron chi connectivity index (χ2n) is 7.13. The van der Waals surface area contributed by atoms with Crippen LogP contribution in [0.2, 0.25) is 0 Å². The summed E-state index contributed by atoms with van der Waals surface area (Å²) >= 11 is 2.37. The van der Waals surface area contributed by atoms with E-state index in [4.69, 9.17) is 5.26 Å². The molecule has 2 aromatic heterocycles. The molecule has 0 saturated heterocycles. The van der Waals surface area contributed by atoms with E-state index in [0.717, 1.165) is 32.9 Å². The summed E-state index contributed by atoms with van der Waals surface area (Å²) in [4.78, 5) is 4.36. The Morgan fingerprint density at radius 3 is 1.84 bits per heavy atom. The molecular formula is C24H35F3N2S2. The zero-order valence-corrected chi connectivity index (χ0v) is 21.4. The second kappa shape index (κ2) is 15.8. The van der Waals surface area contributed by atoms with Crippen molar-refractivity contribution in [1.29, 1.82) is 5.26 Å². The van der Waals surface area contributed by atoms with Crippen LogP contribution in [0.15, 0.2) is 42.3 Å². The molecule has 2 rings (SSSR count). The fourth-order valence-corrected chi connectivity index (χ4v) is 3.29. The zero-order chi connectivity index (χ0) is 24.8. The Morgan fingerprint density at radius 2 is 1.65 bits per heavy atom. The summed E-state index contributed by atoms with van der Waals surface area (Å²) in [5.41, 5.74) is 1.65. The van der Waals surface area contributed by atoms with Crippen molar-refractivity contribution in [3.8, 4) is 6.07 Å². The van der Waals surface area contributed by atoms with Gasteiger partial charge < -0.3 is 0 Å². The van der Waals surface area contributed by atoms with E-state index in [9.17, 15) is 13.2 Å². The Balaban J connectivity index is 0. The van der Waals surface area contributed by atoms with Gasteiger partial charge >= 0.3 is 6.18 Å². The summed E-state index contributed by atoms with van der Waals surface area (Å²) < 4.78 is 36.2. The molecule has 2 aromatic rings. The number of rotatable bonds is 4.